The van der Waals surface area contributed by atoms with E-state index in [1.54, 1.807) is 0 Å². The van der Waals surface area contributed by atoms with Gasteiger partial charge in [0.05, 0.1) is 0 Å². The minimum absolute atomic E-state index is 0.219. The Kier molecular flexibility index (Phi) is 2.88. The van der Waals surface area contributed by atoms with Gasteiger partial charge in [0.2, 0.25) is 0 Å². The van der Waals surface area contributed by atoms with Gasteiger partial charge in [-0.2, -0.15) is 0 Å². The van der Waals surface area contributed by atoms with Crippen LogP contribution in [0.25, 0.3) is 22.0 Å². The number of hydrogen-bond donors (Lipinski definition) is 1. The minimum atomic E-state index is 0.219. The Labute approximate surface area is 123 Å². The number of fused-ring (bicyclic) bond motifs is 2. The third kappa shape index (κ3) is 2.07. The standard InChI is InChI=1S/C19H17NO/c21-19-15-8-4-5-9-17(15)20-18-11-10-14(12-16(18)19)13-6-2-1-3-7-13/h1-3,6-7,10-12H,4-5,8-9H2,(H,20,21). The van der Waals surface area contributed by atoms with Crippen LogP contribution in [-0.2, 0) is 12.8 Å². The first-order valence-corrected chi connectivity index (χ1v) is 7.56. The van der Waals surface area contributed by atoms with Crippen LogP contribution in [-0.4, -0.2) is 4.98 Å². The van der Waals surface area contributed by atoms with Crippen LogP contribution in [0.1, 0.15) is 24.1 Å². The van der Waals surface area contributed by atoms with Gasteiger partial charge in [-0.3, -0.25) is 4.79 Å². The van der Waals surface area contributed by atoms with E-state index in [-0.39, 0.29) is 5.43 Å². The van der Waals surface area contributed by atoms with E-state index >= 15 is 0 Å². The molecule has 1 N–H and O–H groups in total. The fraction of sp³-hybridized carbons (Fsp3) is 0.211. The summed E-state index contributed by atoms with van der Waals surface area (Å²) in [4.78, 5) is 16.2. The predicted molar refractivity (Wildman–Crippen MR) is 86.6 cm³/mol. The molecular formula is C19H17NO. The molecule has 2 aromatic carbocycles. The van der Waals surface area contributed by atoms with Gasteiger partial charge in [-0.1, -0.05) is 36.4 Å². The van der Waals surface area contributed by atoms with Crippen molar-refractivity contribution >= 4 is 10.9 Å². The molecule has 0 aliphatic heterocycles. The summed E-state index contributed by atoms with van der Waals surface area (Å²) in [6.45, 7) is 0. The highest BCUT2D eigenvalue weighted by Crippen LogP contribution is 2.24. The quantitative estimate of drug-likeness (QED) is 0.713. The smallest absolute Gasteiger partial charge is 0.192 e. The van der Waals surface area contributed by atoms with Gasteiger partial charge in [-0.25, -0.2) is 0 Å². The molecule has 1 aromatic heterocycles. The lowest BCUT2D eigenvalue weighted by atomic mass is 9.93. The highest BCUT2D eigenvalue weighted by Gasteiger charge is 2.15. The van der Waals surface area contributed by atoms with Gasteiger partial charge in [0.15, 0.2) is 5.43 Å². The zero-order valence-corrected chi connectivity index (χ0v) is 11.9. The molecule has 1 heterocycles. The van der Waals surface area contributed by atoms with E-state index in [0.29, 0.717) is 0 Å². The van der Waals surface area contributed by atoms with Crippen molar-refractivity contribution < 1.29 is 0 Å². The maximum absolute atomic E-state index is 12.7. The molecule has 104 valence electrons. The van der Waals surface area contributed by atoms with E-state index in [1.165, 1.54) is 6.42 Å². The van der Waals surface area contributed by atoms with Crippen LogP contribution in [0.3, 0.4) is 0 Å². The molecule has 0 saturated heterocycles. The molecule has 3 aromatic rings. The molecule has 1 aliphatic rings. The van der Waals surface area contributed by atoms with Crippen molar-refractivity contribution in [3.05, 3.63) is 70.0 Å². The van der Waals surface area contributed by atoms with E-state index in [4.69, 9.17) is 0 Å². The largest absolute Gasteiger partial charge is 0.358 e. The Morgan fingerprint density at radius 1 is 0.857 bits per heavy atom. The third-order valence-electron chi connectivity index (χ3n) is 4.40. The fourth-order valence-electron chi connectivity index (χ4n) is 3.27. The minimum Gasteiger partial charge on any atom is -0.358 e. The SMILES string of the molecule is O=c1c2c([nH]c3ccc(-c4ccccc4)cc13)CCCC2. The van der Waals surface area contributed by atoms with Gasteiger partial charge in [0.1, 0.15) is 0 Å². The first-order valence-electron chi connectivity index (χ1n) is 7.56. The summed E-state index contributed by atoms with van der Waals surface area (Å²) >= 11 is 0. The number of pyridine rings is 1. The van der Waals surface area contributed by atoms with Crippen LogP contribution in [0.5, 0.6) is 0 Å². The molecule has 0 unspecified atom stereocenters. The zero-order valence-electron chi connectivity index (χ0n) is 11.9. The van der Waals surface area contributed by atoms with E-state index in [1.807, 2.05) is 30.3 Å². The maximum atomic E-state index is 12.7. The van der Waals surface area contributed by atoms with Crippen LogP contribution < -0.4 is 5.43 Å². The van der Waals surface area contributed by atoms with Gasteiger partial charge in [0.25, 0.3) is 0 Å². The van der Waals surface area contributed by atoms with E-state index in [0.717, 1.165) is 52.5 Å². The summed E-state index contributed by atoms with van der Waals surface area (Å²) in [5.41, 5.74) is 5.57. The van der Waals surface area contributed by atoms with Gasteiger partial charge in [-0.15, -0.1) is 0 Å². The van der Waals surface area contributed by atoms with Crippen LogP contribution in [0.15, 0.2) is 53.3 Å². The van der Waals surface area contributed by atoms with Crippen LogP contribution >= 0.6 is 0 Å². The number of hydrogen-bond acceptors (Lipinski definition) is 1. The van der Waals surface area contributed by atoms with Crippen molar-refractivity contribution in [3.8, 4) is 11.1 Å². The lowest BCUT2D eigenvalue weighted by molar-refractivity contribution is 0.668. The number of aryl methyl sites for hydroxylation is 1. The van der Waals surface area contributed by atoms with E-state index < -0.39 is 0 Å². The summed E-state index contributed by atoms with van der Waals surface area (Å²) in [6, 6.07) is 16.4. The lowest BCUT2D eigenvalue weighted by Gasteiger charge is -2.16. The molecule has 0 amide bonds. The Morgan fingerprint density at radius 3 is 2.52 bits per heavy atom. The fourth-order valence-corrected chi connectivity index (χ4v) is 3.27. The number of H-pyrrole nitrogens is 1. The first kappa shape index (κ1) is 12.4. The lowest BCUT2D eigenvalue weighted by Crippen LogP contribution is -2.18. The Bertz CT molecular complexity index is 862. The predicted octanol–water partition coefficient (Wildman–Crippen LogP) is 4.07. The molecule has 0 bridgehead atoms. The average Bonchev–Trinajstić information content (AvgIpc) is 2.56. The zero-order chi connectivity index (χ0) is 14.2. The van der Waals surface area contributed by atoms with Crippen molar-refractivity contribution in [1.29, 1.82) is 0 Å². The molecule has 0 radical (unpaired) electrons. The number of benzene rings is 2. The number of aromatic amines is 1. The molecule has 4 rings (SSSR count). The van der Waals surface area contributed by atoms with Crippen molar-refractivity contribution in [2.45, 2.75) is 25.7 Å². The second kappa shape index (κ2) is 4.88. The highest BCUT2D eigenvalue weighted by atomic mass is 16.1. The van der Waals surface area contributed by atoms with Crippen molar-refractivity contribution in [1.82, 2.24) is 4.98 Å². The maximum Gasteiger partial charge on any atom is 0.192 e. The summed E-state index contributed by atoms with van der Waals surface area (Å²) < 4.78 is 0. The van der Waals surface area contributed by atoms with Gasteiger partial charge >= 0.3 is 0 Å². The van der Waals surface area contributed by atoms with Gasteiger partial charge in [0, 0.05) is 22.2 Å². The Balaban J connectivity index is 1.96. The summed E-state index contributed by atoms with van der Waals surface area (Å²) in [5.74, 6) is 0. The van der Waals surface area contributed by atoms with Crippen LogP contribution in [0, 0.1) is 0 Å². The normalized spacial score (nSPS) is 14.1. The van der Waals surface area contributed by atoms with Gasteiger partial charge < -0.3 is 4.98 Å². The molecule has 0 fully saturated rings. The summed E-state index contributed by atoms with van der Waals surface area (Å²) in [7, 11) is 0. The van der Waals surface area contributed by atoms with Crippen molar-refractivity contribution in [2.24, 2.45) is 0 Å². The molecule has 2 nitrogen and oxygen atoms in total. The van der Waals surface area contributed by atoms with E-state index in [2.05, 4.69) is 23.2 Å². The monoisotopic (exact) mass is 275 g/mol. The molecular weight excluding hydrogens is 258 g/mol. The first-order chi connectivity index (χ1) is 10.3. The number of rotatable bonds is 1. The number of nitrogens with one attached hydrogen (secondary N) is 1. The van der Waals surface area contributed by atoms with Crippen LogP contribution in [0.2, 0.25) is 0 Å². The topological polar surface area (TPSA) is 32.9 Å². The Hall–Kier alpha value is -2.35. The Morgan fingerprint density at radius 2 is 1.67 bits per heavy atom. The molecule has 21 heavy (non-hydrogen) atoms. The molecule has 0 spiro atoms. The van der Waals surface area contributed by atoms with E-state index in [9.17, 15) is 4.79 Å². The highest BCUT2D eigenvalue weighted by molar-refractivity contribution is 5.85. The molecule has 1 aliphatic carbocycles. The third-order valence-corrected chi connectivity index (χ3v) is 4.40. The van der Waals surface area contributed by atoms with Crippen molar-refractivity contribution in [2.75, 3.05) is 0 Å². The van der Waals surface area contributed by atoms with Gasteiger partial charge in [-0.05, 0) is 48.9 Å². The second-order valence-electron chi connectivity index (χ2n) is 5.74. The molecule has 2 heteroatoms. The van der Waals surface area contributed by atoms with Crippen molar-refractivity contribution in [3.63, 3.8) is 0 Å². The van der Waals surface area contributed by atoms with Crippen LogP contribution in [0.4, 0.5) is 0 Å². The average molecular weight is 275 g/mol. The molecule has 0 saturated carbocycles. The summed E-state index contributed by atoms with van der Waals surface area (Å²) in [6.07, 6.45) is 4.22. The second-order valence-corrected chi connectivity index (χ2v) is 5.74. The summed E-state index contributed by atoms with van der Waals surface area (Å²) in [5, 5.41) is 0.817. The molecule has 0 atom stereocenters. The number of aromatic nitrogens is 1.